The van der Waals surface area contributed by atoms with Gasteiger partial charge in [0.1, 0.15) is 0 Å². The fourth-order valence-electron chi connectivity index (χ4n) is 2.12. The highest BCUT2D eigenvalue weighted by Gasteiger charge is 2.34. The number of aliphatic carboxylic acids is 1. The van der Waals surface area contributed by atoms with Gasteiger partial charge in [-0.25, -0.2) is 17.9 Å². The lowest BCUT2D eigenvalue weighted by atomic mass is 10.1. The lowest BCUT2D eigenvalue weighted by Gasteiger charge is -2.16. The number of urea groups is 1. The Kier molecular flexibility index (Phi) is 4.70. The van der Waals surface area contributed by atoms with Crippen LogP contribution in [-0.2, 0) is 14.8 Å². The molecular weight excluding hydrogens is 308 g/mol. The summed E-state index contributed by atoms with van der Waals surface area (Å²) in [6.07, 6.45) is 1.45. The Hall–Kier alpha value is -2.09. The highest BCUT2D eigenvalue weighted by Crippen LogP contribution is 2.34. The van der Waals surface area contributed by atoms with E-state index in [1.165, 1.54) is 12.1 Å². The smallest absolute Gasteiger partial charge is 0.328 e. The maximum absolute atomic E-state index is 12.1. The summed E-state index contributed by atoms with van der Waals surface area (Å²) < 4.78 is 26.0. The Morgan fingerprint density at radius 2 is 1.86 bits per heavy atom. The van der Waals surface area contributed by atoms with E-state index in [-0.39, 0.29) is 17.2 Å². The van der Waals surface area contributed by atoms with E-state index in [9.17, 15) is 18.0 Å². The van der Waals surface area contributed by atoms with Crippen LogP contribution in [0, 0.1) is 12.8 Å². The maximum Gasteiger partial charge on any atom is 0.328 e. The van der Waals surface area contributed by atoms with Gasteiger partial charge in [0.2, 0.25) is 0 Å². The molecular formula is C14H18N2O5S. The number of rotatable bonds is 6. The molecule has 1 aromatic rings. The van der Waals surface area contributed by atoms with Crippen LogP contribution in [-0.4, -0.2) is 31.6 Å². The summed E-state index contributed by atoms with van der Waals surface area (Å²) >= 11 is 0. The lowest BCUT2D eigenvalue weighted by Crippen LogP contribution is -2.46. The SMILES string of the molecule is Cc1ccc(S(=O)(=O)NC(=O)NC(CC(=O)O)C2CC2)cc1. The van der Waals surface area contributed by atoms with Crippen molar-refractivity contribution in [3.8, 4) is 0 Å². The number of carboxylic acid groups (broad SMARTS) is 1. The van der Waals surface area contributed by atoms with Crippen molar-refractivity contribution >= 4 is 22.0 Å². The molecule has 0 spiro atoms. The third-order valence-electron chi connectivity index (χ3n) is 3.46. The molecule has 0 radical (unpaired) electrons. The number of carbonyl (C=O) groups excluding carboxylic acids is 1. The van der Waals surface area contributed by atoms with E-state index in [4.69, 9.17) is 5.11 Å². The van der Waals surface area contributed by atoms with Crippen LogP contribution in [0.3, 0.4) is 0 Å². The van der Waals surface area contributed by atoms with Gasteiger partial charge in [0.15, 0.2) is 0 Å². The monoisotopic (exact) mass is 326 g/mol. The number of carboxylic acids is 1. The van der Waals surface area contributed by atoms with Gasteiger partial charge in [0.25, 0.3) is 10.0 Å². The molecule has 1 fully saturated rings. The standard InChI is InChI=1S/C14H18N2O5S/c1-9-2-6-11(7-3-9)22(20,21)16-14(19)15-12(8-13(17)18)10-4-5-10/h2-3,6-7,10,12H,4-5,8H2,1H3,(H,17,18)(H2,15,16,19). The third-order valence-corrected chi connectivity index (χ3v) is 4.81. The van der Waals surface area contributed by atoms with Gasteiger partial charge in [0.05, 0.1) is 11.3 Å². The van der Waals surface area contributed by atoms with Gasteiger partial charge < -0.3 is 10.4 Å². The normalized spacial score (nSPS) is 15.9. The summed E-state index contributed by atoms with van der Waals surface area (Å²) in [6, 6.07) is 4.61. The van der Waals surface area contributed by atoms with E-state index in [0.29, 0.717) is 0 Å². The number of hydrogen-bond acceptors (Lipinski definition) is 4. The molecule has 120 valence electrons. The van der Waals surface area contributed by atoms with Crippen LogP contribution in [0.1, 0.15) is 24.8 Å². The second-order valence-electron chi connectivity index (χ2n) is 5.43. The Morgan fingerprint density at radius 1 is 1.27 bits per heavy atom. The van der Waals surface area contributed by atoms with Crippen LogP contribution in [0.2, 0.25) is 0 Å². The quantitative estimate of drug-likeness (QED) is 0.728. The number of aryl methyl sites for hydroxylation is 1. The molecule has 1 saturated carbocycles. The topological polar surface area (TPSA) is 113 Å². The molecule has 1 aliphatic carbocycles. The maximum atomic E-state index is 12.1. The van der Waals surface area contributed by atoms with E-state index in [1.807, 2.05) is 11.6 Å². The van der Waals surface area contributed by atoms with Crippen LogP contribution in [0.4, 0.5) is 4.79 Å². The van der Waals surface area contributed by atoms with Gasteiger partial charge in [0, 0.05) is 6.04 Å². The predicted molar refractivity (Wildman–Crippen MR) is 78.8 cm³/mol. The van der Waals surface area contributed by atoms with Gasteiger partial charge in [-0.3, -0.25) is 4.79 Å². The zero-order valence-electron chi connectivity index (χ0n) is 12.1. The molecule has 0 saturated heterocycles. The van der Waals surface area contributed by atoms with Crippen molar-refractivity contribution in [2.75, 3.05) is 0 Å². The summed E-state index contributed by atoms with van der Waals surface area (Å²) in [5, 5.41) is 11.3. The van der Waals surface area contributed by atoms with Crippen molar-refractivity contribution in [3.63, 3.8) is 0 Å². The second kappa shape index (κ2) is 6.35. The Morgan fingerprint density at radius 3 is 2.36 bits per heavy atom. The number of hydrogen-bond donors (Lipinski definition) is 3. The molecule has 22 heavy (non-hydrogen) atoms. The van der Waals surface area contributed by atoms with Crippen LogP contribution in [0.15, 0.2) is 29.2 Å². The number of sulfonamides is 1. The van der Waals surface area contributed by atoms with E-state index in [0.717, 1.165) is 18.4 Å². The fraction of sp³-hybridized carbons (Fsp3) is 0.429. The van der Waals surface area contributed by atoms with E-state index in [1.54, 1.807) is 12.1 Å². The Bertz CT molecular complexity index is 665. The fourth-order valence-corrected chi connectivity index (χ4v) is 3.03. The summed E-state index contributed by atoms with van der Waals surface area (Å²) in [6.45, 7) is 1.82. The van der Waals surface area contributed by atoms with Crippen molar-refractivity contribution in [2.45, 2.75) is 37.1 Å². The van der Waals surface area contributed by atoms with E-state index >= 15 is 0 Å². The van der Waals surface area contributed by atoms with Crippen molar-refractivity contribution in [1.29, 1.82) is 0 Å². The highest BCUT2D eigenvalue weighted by atomic mass is 32.2. The van der Waals surface area contributed by atoms with Crippen molar-refractivity contribution in [2.24, 2.45) is 5.92 Å². The minimum absolute atomic E-state index is 0.0190. The number of carbonyl (C=O) groups is 2. The zero-order chi connectivity index (χ0) is 16.3. The average molecular weight is 326 g/mol. The molecule has 0 aliphatic heterocycles. The second-order valence-corrected chi connectivity index (χ2v) is 7.12. The molecule has 8 heteroatoms. The van der Waals surface area contributed by atoms with E-state index < -0.39 is 28.1 Å². The predicted octanol–water partition coefficient (Wildman–Crippen LogP) is 1.24. The van der Waals surface area contributed by atoms with Gasteiger partial charge in [-0.15, -0.1) is 0 Å². The van der Waals surface area contributed by atoms with Crippen molar-refractivity contribution in [3.05, 3.63) is 29.8 Å². The molecule has 0 bridgehead atoms. The molecule has 0 heterocycles. The first kappa shape index (κ1) is 16.3. The first-order valence-electron chi connectivity index (χ1n) is 6.90. The summed E-state index contributed by atoms with van der Waals surface area (Å²) in [5.41, 5.74) is 0.902. The molecule has 2 amide bonds. The van der Waals surface area contributed by atoms with E-state index in [2.05, 4.69) is 5.32 Å². The Balaban J connectivity index is 2.00. The molecule has 2 rings (SSSR count). The van der Waals surface area contributed by atoms with Gasteiger partial charge in [-0.05, 0) is 37.8 Å². The summed E-state index contributed by atoms with van der Waals surface area (Å²) in [4.78, 5) is 22.6. The number of amides is 2. The van der Waals surface area contributed by atoms with Gasteiger partial charge in [-0.2, -0.15) is 0 Å². The van der Waals surface area contributed by atoms with Crippen LogP contribution >= 0.6 is 0 Å². The van der Waals surface area contributed by atoms with Gasteiger partial charge in [-0.1, -0.05) is 17.7 Å². The molecule has 1 atom stereocenters. The largest absolute Gasteiger partial charge is 0.481 e. The van der Waals surface area contributed by atoms with Crippen LogP contribution < -0.4 is 10.0 Å². The molecule has 1 unspecified atom stereocenters. The zero-order valence-corrected chi connectivity index (χ0v) is 12.9. The van der Waals surface area contributed by atoms with Crippen molar-refractivity contribution < 1.29 is 23.1 Å². The average Bonchev–Trinajstić information content (AvgIpc) is 3.21. The molecule has 3 N–H and O–H groups in total. The summed E-state index contributed by atoms with van der Waals surface area (Å²) in [5.74, 6) is -0.928. The highest BCUT2D eigenvalue weighted by molar-refractivity contribution is 7.90. The number of nitrogens with one attached hydrogen (secondary N) is 2. The minimum Gasteiger partial charge on any atom is -0.481 e. The minimum atomic E-state index is -3.97. The summed E-state index contributed by atoms with van der Waals surface area (Å²) in [7, 11) is -3.97. The van der Waals surface area contributed by atoms with Crippen LogP contribution in [0.5, 0.6) is 0 Å². The lowest BCUT2D eigenvalue weighted by molar-refractivity contribution is -0.137. The first-order chi connectivity index (χ1) is 10.3. The number of benzene rings is 1. The van der Waals surface area contributed by atoms with Gasteiger partial charge >= 0.3 is 12.0 Å². The first-order valence-corrected chi connectivity index (χ1v) is 8.38. The van der Waals surface area contributed by atoms with Crippen molar-refractivity contribution in [1.82, 2.24) is 10.0 Å². The molecule has 1 aromatic carbocycles. The molecule has 7 nitrogen and oxygen atoms in total. The van der Waals surface area contributed by atoms with Crippen LogP contribution in [0.25, 0.3) is 0 Å². The Labute approximate surface area is 128 Å². The third kappa shape index (κ3) is 4.45. The molecule has 1 aliphatic rings. The molecule has 0 aromatic heterocycles.